The van der Waals surface area contributed by atoms with Gasteiger partial charge in [0.15, 0.2) is 0 Å². The average molecular weight is 447 g/mol. The Morgan fingerprint density at radius 1 is 0.941 bits per heavy atom. The van der Waals surface area contributed by atoms with Crippen LogP contribution in [0.2, 0.25) is 0 Å². The van der Waals surface area contributed by atoms with E-state index in [1.807, 2.05) is 72.8 Å². The van der Waals surface area contributed by atoms with Crippen molar-refractivity contribution in [1.82, 2.24) is 4.98 Å². The summed E-state index contributed by atoms with van der Waals surface area (Å²) in [6, 6.07) is 32.2. The molecule has 0 amide bonds. The van der Waals surface area contributed by atoms with Crippen molar-refractivity contribution in [3.8, 4) is 34.3 Å². The highest BCUT2D eigenvalue weighted by Gasteiger charge is 2.27. The minimum atomic E-state index is -1.10. The summed E-state index contributed by atoms with van der Waals surface area (Å²) in [5.41, 5.74) is 3.82. The molecule has 0 radical (unpaired) electrons. The smallest absolute Gasteiger partial charge is 0.352 e. The second-order valence-electron chi connectivity index (χ2n) is 7.41. The van der Waals surface area contributed by atoms with Gasteiger partial charge in [0.2, 0.25) is 12.0 Å². The van der Waals surface area contributed by atoms with Gasteiger partial charge in [0.25, 0.3) is 0 Å². The number of nitrogens with zero attached hydrogens (tertiary/aromatic N) is 2. The van der Waals surface area contributed by atoms with Gasteiger partial charge < -0.3 is 9.47 Å². The lowest BCUT2D eigenvalue weighted by Crippen LogP contribution is -2.22. The van der Waals surface area contributed by atoms with Crippen LogP contribution in [0.1, 0.15) is 17.2 Å². The number of benzene rings is 3. The lowest BCUT2D eigenvalue weighted by Gasteiger charge is -2.20. The van der Waals surface area contributed by atoms with Crippen molar-refractivity contribution < 1.29 is 14.3 Å². The van der Waals surface area contributed by atoms with Crippen molar-refractivity contribution in [2.24, 2.45) is 0 Å². The molecule has 1 aromatic heterocycles. The van der Waals surface area contributed by atoms with Crippen LogP contribution in [0.15, 0.2) is 110 Å². The molecule has 0 N–H and O–H groups in total. The van der Waals surface area contributed by atoms with Gasteiger partial charge in [-0.3, -0.25) is 0 Å². The van der Waals surface area contributed by atoms with Crippen molar-refractivity contribution in [1.29, 1.82) is 5.26 Å². The predicted molar refractivity (Wildman–Crippen MR) is 131 cm³/mol. The number of aromatic nitrogens is 1. The molecular weight excluding hydrogens is 424 g/mol. The number of rotatable bonds is 8. The third-order valence-corrected chi connectivity index (χ3v) is 5.14. The van der Waals surface area contributed by atoms with E-state index in [0.29, 0.717) is 16.8 Å². The molecule has 4 aromatic rings. The van der Waals surface area contributed by atoms with Gasteiger partial charge in [-0.1, -0.05) is 104 Å². The Kier molecular flexibility index (Phi) is 7.12. The Morgan fingerprint density at radius 3 is 2.12 bits per heavy atom. The second kappa shape index (κ2) is 10.8. The lowest BCUT2D eigenvalue weighted by atomic mass is 9.98. The van der Waals surface area contributed by atoms with E-state index in [4.69, 9.17) is 9.47 Å². The molecule has 0 aliphatic heterocycles. The van der Waals surface area contributed by atoms with E-state index in [-0.39, 0.29) is 18.1 Å². The summed E-state index contributed by atoms with van der Waals surface area (Å²) in [4.78, 5) is 17.6. The first kappa shape index (κ1) is 22.5. The van der Waals surface area contributed by atoms with Crippen LogP contribution in [0, 0.1) is 11.3 Å². The zero-order valence-electron chi connectivity index (χ0n) is 18.4. The summed E-state index contributed by atoms with van der Waals surface area (Å²) in [6.07, 6.45) is 0.387. The van der Waals surface area contributed by atoms with Gasteiger partial charge in [-0.2, -0.15) is 5.26 Å². The standard InChI is InChI=1S/C29H22N2O3/c1-2-18-33-29(32)27(23-16-10-5-11-17-23)34-28-25(20-30)24(21-12-6-3-7-13-21)19-26(31-28)22-14-8-4-9-15-22/h2-17,19,27H,1,18H2. The van der Waals surface area contributed by atoms with E-state index in [0.717, 1.165) is 11.1 Å². The number of carbonyl (C=O) groups excluding carboxylic acids is 1. The molecule has 34 heavy (non-hydrogen) atoms. The second-order valence-corrected chi connectivity index (χ2v) is 7.41. The number of hydrogen-bond acceptors (Lipinski definition) is 5. The minimum Gasteiger partial charge on any atom is -0.458 e. The average Bonchev–Trinajstić information content (AvgIpc) is 2.91. The maximum absolute atomic E-state index is 12.9. The first-order chi connectivity index (χ1) is 16.7. The Labute approximate surface area is 198 Å². The number of hydrogen-bond donors (Lipinski definition) is 0. The van der Waals surface area contributed by atoms with Crippen LogP contribution in [0.25, 0.3) is 22.4 Å². The molecule has 4 rings (SSSR count). The van der Waals surface area contributed by atoms with Gasteiger partial charge in [-0.05, 0) is 11.6 Å². The van der Waals surface area contributed by atoms with Crippen LogP contribution >= 0.6 is 0 Å². The third-order valence-electron chi connectivity index (χ3n) is 5.14. The Morgan fingerprint density at radius 2 is 1.53 bits per heavy atom. The van der Waals surface area contributed by atoms with Crippen molar-refractivity contribution in [3.63, 3.8) is 0 Å². The van der Waals surface area contributed by atoms with Crippen LogP contribution in [-0.4, -0.2) is 17.6 Å². The highest BCUT2D eigenvalue weighted by Crippen LogP contribution is 2.35. The lowest BCUT2D eigenvalue weighted by molar-refractivity contribution is -0.151. The molecule has 1 unspecified atom stereocenters. The summed E-state index contributed by atoms with van der Waals surface area (Å²) < 4.78 is 11.5. The molecule has 0 fully saturated rings. The van der Waals surface area contributed by atoms with Crippen LogP contribution in [0.3, 0.4) is 0 Å². The Hall–Kier alpha value is -4.69. The molecular formula is C29H22N2O3. The van der Waals surface area contributed by atoms with Crippen molar-refractivity contribution in [2.75, 3.05) is 6.61 Å². The summed E-state index contributed by atoms with van der Waals surface area (Å²) in [5.74, 6) is -0.532. The fraction of sp³-hybridized carbons (Fsp3) is 0.0690. The summed E-state index contributed by atoms with van der Waals surface area (Å²) in [5, 5.41) is 10.1. The normalized spacial score (nSPS) is 11.1. The summed E-state index contributed by atoms with van der Waals surface area (Å²) in [7, 11) is 0. The molecule has 0 aliphatic carbocycles. The van der Waals surface area contributed by atoms with E-state index in [1.54, 1.807) is 24.3 Å². The van der Waals surface area contributed by atoms with Crippen molar-refractivity contribution in [3.05, 3.63) is 121 Å². The molecule has 5 nitrogen and oxygen atoms in total. The van der Waals surface area contributed by atoms with Gasteiger partial charge >= 0.3 is 5.97 Å². The number of pyridine rings is 1. The number of esters is 1. The molecule has 166 valence electrons. The van der Waals surface area contributed by atoms with E-state index < -0.39 is 12.1 Å². The highest BCUT2D eigenvalue weighted by molar-refractivity contribution is 5.80. The van der Waals surface area contributed by atoms with Crippen LogP contribution in [0.5, 0.6) is 5.88 Å². The summed E-state index contributed by atoms with van der Waals surface area (Å²) >= 11 is 0. The molecule has 0 saturated heterocycles. The van der Waals surface area contributed by atoms with Crippen molar-refractivity contribution in [2.45, 2.75) is 6.10 Å². The molecule has 5 heteroatoms. The van der Waals surface area contributed by atoms with Crippen molar-refractivity contribution >= 4 is 5.97 Å². The third kappa shape index (κ3) is 5.03. The van der Waals surface area contributed by atoms with Crippen LogP contribution in [0.4, 0.5) is 0 Å². The topological polar surface area (TPSA) is 72.2 Å². The molecule has 0 spiro atoms. The van der Waals surface area contributed by atoms with Crippen LogP contribution in [-0.2, 0) is 9.53 Å². The number of carbonyl (C=O) groups is 1. The van der Waals surface area contributed by atoms with Gasteiger partial charge in [-0.15, -0.1) is 0 Å². The number of ether oxygens (including phenoxy) is 2. The largest absolute Gasteiger partial charge is 0.458 e. The monoisotopic (exact) mass is 446 g/mol. The van der Waals surface area contributed by atoms with Gasteiger partial charge in [-0.25, -0.2) is 9.78 Å². The SMILES string of the molecule is C=CCOC(=O)C(Oc1nc(-c2ccccc2)cc(-c2ccccc2)c1C#N)c1ccccc1. The first-order valence-corrected chi connectivity index (χ1v) is 10.8. The zero-order chi connectivity index (χ0) is 23.8. The van der Waals surface area contributed by atoms with E-state index in [2.05, 4.69) is 17.6 Å². The molecule has 3 aromatic carbocycles. The summed E-state index contributed by atoms with van der Waals surface area (Å²) in [6.45, 7) is 3.64. The molecule has 0 bridgehead atoms. The quantitative estimate of drug-likeness (QED) is 0.240. The van der Waals surface area contributed by atoms with Gasteiger partial charge in [0.1, 0.15) is 18.2 Å². The molecule has 1 heterocycles. The van der Waals surface area contributed by atoms with Gasteiger partial charge in [0, 0.05) is 16.7 Å². The molecule has 0 aliphatic rings. The fourth-order valence-corrected chi connectivity index (χ4v) is 3.53. The van der Waals surface area contributed by atoms with E-state index in [1.165, 1.54) is 6.08 Å². The predicted octanol–water partition coefficient (Wildman–Crippen LogP) is 6.14. The maximum atomic E-state index is 12.9. The zero-order valence-corrected chi connectivity index (χ0v) is 18.4. The molecule has 1 atom stereocenters. The fourth-order valence-electron chi connectivity index (χ4n) is 3.53. The Balaban J connectivity index is 1.87. The first-order valence-electron chi connectivity index (χ1n) is 10.8. The van der Waals surface area contributed by atoms with Gasteiger partial charge in [0.05, 0.1) is 5.69 Å². The molecule has 0 saturated carbocycles. The van der Waals surface area contributed by atoms with E-state index in [9.17, 15) is 10.1 Å². The Bertz CT molecular complexity index is 1310. The minimum absolute atomic E-state index is 0.0450. The van der Waals surface area contributed by atoms with E-state index >= 15 is 0 Å². The maximum Gasteiger partial charge on any atom is 0.352 e. The highest BCUT2D eigenvalue weighted by atomic mass is 16.6. The number of nitriles is 1. The van der Waals surface area contributed by atoms with Crippen LogP contribution < -0.4 is 4.74 Å².